The predicted octanol–water partition coefficient (Wildman–Crippen LogP) is 3.73. The molecule has 0 aromatic heterocycles. The fraction of sp³-hybridized carbons (Fsp3) is 0.611. The lowest BCUT2D eigenvalue weighted by Gasteiger charge is -2.30. The Kier molecular flexibility index (Phi) is 6.52. The smallest absolute Gasteiger partial charge is 0.407 e. The zero-order valence-electron chi connectivity index (χ0n) is 14.9. The molecule has 0 bridgehead atoms. The van der Waals surface area contributed by atoms with Crippen LogP contribution in [0.3, 0.4) is 0 Å². The second kappa shape index (κ2) is 8.21. The van der Waals surface area contributed by atoms with Gasteiger partial charge in [0.2, 0.25) is 0 Å². The number of nitrogens with one attached hydrogen (secondary N) is 1. The number of hydrogen-bond donors (Lipinski definition) is 1. The summed E-state index contributed by atoms with van der Waals surface area (Å²) in [7, 11) is 1.69. The molecule has 1 heterocycles. The van der Waals surface area contributed by atoms with Crippen LogP contribution < -0.4 is 10.1 Å². The van der Waals surface area contributed by atoms with Gasteiger partial charge in [-0.2, -0.15) is 0 Å². The first-order valence-electron chi connectivity index (χ1n) is 8.33. The SMILES string of the molecule is COc1ccc2c(c1Br)CN(CCCNC(=O)OC(C)(C)C)CC2. The van der Waals surface area contributed by atoms with Crippen molar-refractivity contribution in [2.45, 2.75) is 45.8 Å². The van der Waals surface area contributed by atoms with Crippen LogP contribution >= 0.6 is 15.9 Å². The summed E-state index contributed by atoms with van der Waals surface area (Å²) in [6.45, 7) is 9.10. The molecule has 0 radical (unpaired) electrons. The zero-order chi connectivity index (χ0) is 17.7. The molecule has 24 heavy (non-hydrogen) atoms. The van der Waals surface area contributed by atoms with Crippen molar-refractivity contribution in [2.24, 2.45) is 0 Å². The lowest BCUT2D eigenvalue weighted by Crippen LogP contribution is -2.36. The molecule has 2 rings (SSSR count). The number of ether oxygens (including phenoxy) is 2. The molecular formula is C18H27BrN2O3. The molecule has 0 atom stereocenters. The van der Waals surface area contributed by atoms with E-state index in [1.807, 2.05) is 26.8 Å². The van der Waals surface area contributed by atoms with Crippen LogP contribution in [0.2, 0.25) is 0 Å². The van der Waals surface area contributed by atoms with Gasteiger partial charge in [0, 0.05) is 26.2 Å². The first-order valence-corrected chi connectivity index (χ1v) is 9.13. The van der Waals surface area contributed by atoms with Crippen molar-refractivity contribution in [1.82, 2.24) is 10.2 Å². The van der Waals surface area contributed by atoms with Gasteiger partial charge in [0.25, 0.3) is 0 Å². The maximum Gasteiger partial charge on any atom is 0.407 e. The van der Waals surface area contributed by atoms with Crippen molar-refractivity contribution in [3.63, 3.8) is 0 Å². The normalized spacial score (nSPS) is 14.9. The fourth-order valence-corrected chi connectivity index (χ4v) is 3.46. The van der Waals surface area contributed by atoms with Gasteiger partial charge in [-0.25, -0.2) is 4.79 Å². The third-order valence-corrected chi connectivity index (χ3v) is 4.79. The maximum absolute atomic E-state index is 11.6. The Morgan fingerprint density at radius 3 is 2.79 bits per heavy atom. The lowest BCUT2D eigenvalue weighted by atomic mass is 9.99. The molecule has 1 aliphatic heterocycles. The highest BCUT2D eigenvalue weighted by molar-refractivity contribution is 9.10. The Morgan fingerprint density at radius 2 is 2.12 bits per heavy atom. The third-order valence-electron chi connectivity index (χ3n) is 3.92. The maximum atomic E-state index is 11.6. The number of rotatable bonds is 5. The van der Waals surface area contributed by atoms with Gasteiger partial charge in [-0.15, -0.1) is 0 Å². The molecule has 1 aromatic carbocycles. The standard InChI is InChI=1S/C18H27BrN2O3/c1-18(2,3)24-17(22)20-9-5-10-21-11-8-13-6-7-15(23-4)16(19)14(13)12-21/h6-7H,5,8-12H2,1-4H3,(H,20,22). The summed E-state index contributed by atoms with van der Waals surface area (Å²) in [5, 5.41) is 2.81. The molecule has 134 valence electrons. The van der Waals surface area contributed by atoms with E-state index in [0.717, 1.165) is 42.7 Å². The van der Waals surface area contributed by atoms with E-state index in [2.05, 4.69) is 32.2 Å². The Labute approximate surface area is 152 Å². The van der Waals surface area contributed by atoms with E-state index in [1.165, 1.54) is 11.1 Å². The van der Waals surface area contributed by atoms with Crippen LogP contribution in [-0.2, 0) is 17.7 Å². The van der Waals surface area contributed by atoms with E-state index < -0.39 is 5.60 Å². The van der Waals surface area contributed by atoms with Gasteiger partial charge in [0.15, 0.2) is 0 Å². The number of carbonyl (C=O) groups is 1. The van der Waals surface area contributed by atoms with Crippen LogP contribution in [0.15, 0.2) is 16.6 Å². The number of amides is 1. The lowest BCUT2D eigenvalue weighted by molar-refractivity contribution is 0.0525. The van der Waals surface area contributed by atoms with Crippen molar-refractivity contribution >= 4 is 22.0 Å². The monoisotopic (exact) mass is 398 g/mol. The van der Waals surface area contributed by atoms with E-state index in [0.29, 0.717) is 6.54 Å². The number of halogens is 1. The van der Waals surface area contributed by atoms with E-state index >= 15 is 0 Å². The molecule has 1 aliphatic rings. The second-order valence-corrected chi connectivity index (χ2v) is 7.82. The molecule has 0 fully saturated rings. The number of hydrogen-bond acceptors (Lipinski definition) is 4. The van der Waals surface area contributed by atoms with Crippen molar-refractivity contribution in [2.75, 3.05) is 26.7 Å². The molecule has 0 saturated heterocycles. The Hall–Kier alpha value is -1.27. The summed E-state index contributed by atoms with van der Waals surface area (Å²) >= 11 is 3.66. The molecule has 0 aliphatic carbocycles. The summed E-state index contributed by atoms with van der Waals surface area (Å²) in [5.41, 5.74) is 2.23. The van der Waals surface area contributed by atoms with Gasteiger partial charge in [0.1, 0.15) is 11.4 Å². The van der Waals surface area contributed by atoms with E-state index in [1.54, 1.807) is 7.11 Å². The molecule has 0 spiro atoms. The Bertz CT molecular complexity index is 584. The quantitative estimate of drug-likeness (QED) is 0.767. The van der Waals surface area contributed by atoms with Gasteiger partial charge >= 0.3 is 6.09 Å². The van der Waals surface area contributed by atoms with E-state index in [-0.39, 0.29) is 6.09 Å². The first kappa shape index (κ1) is 19.1. The zero-order valence-corrected chi connectivity index (χ0v) is 16.5. The Balaban J connectivity index is 1.79. The molecule has 0 unspecified atom stereocenters. The van der Waals surface area contributed by atoms with Crippen molar-refractivity contribution in [3.8, 4) is 5.75 Å². The van der Waals surface area contributed by atoms with Gasteiger partial charge in [-0.05, 0) is 66.7 Å². The number of carbonyl (C=O) groups excluding carboxylic acids is 1. The highest BCUT2D eigenvalue weighted by Gasteiger charge is 2.20. The summed E-state index contributed by atoms with van der Waals surface area (Å²) in [5.74, 6) is 0.877. The topological polar surface area (TPSA) is 50.8 Å². The number of methoxy groups -OCH3 is 1. The van der Waals surface area contributed by atoms with Crippen LogP contribution in [-0.4, -0.2) is 43.3 Å². The molecule has 1 aromatic rings. The van der Waals surface area contributed by atoms with Crippen LogP contribution in [0.25, 0.3) is 0 Å². The Morgan fingerprint density at radius 1 is 1.38 bits per heavy atom. The number of alkyl carbamates (subject to hydrolysis) is 1. The summed E-state index contributed by atoms with van der Waals surface area (Å²) in [6.07, 6.45) is 1.59. The van der Waals surface area contributed by atoms with Gasteiger partial charge in [-0.3, -0.25) is 4.90 Å². The molecule has 0 saturated carbocycles. The number of benzene rings is 1. The van der Waals surface area contributed by atoms with E-state index in [9.17, 15) is 4.79 Å². The second-order valence-electron chi connectivity index (χ2n) is 7.03. The largest absolute Gasteiger partial charge is 0.496 e. The fourth-order valence-electron chi connectivity index (χ4n) is 2.78. The molecule has 6 heteroatoms. The summed E-state index contributed by atoms with van der Waals surface area (Å²) < 4.78 is 11.7. The minimum Gasteiger partial charge on any atom is -0.496 e. The van der Waals surface area contributed by atoms with Crippen LogP contribution in [0.5, 0.6) is 5.75 Å². The van der Waals surface area contributed by atoms with Crippen molar-refractivity contribution in [1.29, 1.82) is 0 Å². The summed E-state index contributed by atoms with van der Waals surface area (Å²) in [6, 6.07) is 4.17. The van der Waals surface area contributed by atoms with Gasteiger partial charge < -0.3 is 14.8 Å². The highest BCUT2D eigenvalue weighted by atomic mass is 79.9. The predicted molar refractivity (Wildman–Crippen MR) is 98.5 cm³/mol. The number of nitrogens with zero attached hydrogens (tertiary/aromatic N) is 1. The minimum atomic E-state index is -0.452. The van der Waals surface area contributed by atoms with Gasteiger partial charge in [0.05, 0.1) is 11.6 Å². The van der Waals surface area contributed by atoms with Gasteiger partial charge in [-0.1, -0.05) is 6.07 Å². The van der Waals surface area contributed by atoms with Crippen molar-refractivity contribution < 1.29 is 14.3 Å². The minimum absolute atomic E-state index is 0.348. The first-order chi connectivity index (χ1) is 11.3. The van der Waals surface area contributed by atoms with Crippen LogP contribution in [0.4, 0.5) is 4.79 Å². The van der Waals surface area contributed by atoms with Crippen LogP contribution in [0.1, 0.15) is 38.3 Å². The molecule has 1 N–H and O–H groups in total. The highest BCUT2D eigenvalue weighted by Crippen LogP contribution is 2.34. The molecule has 1 amide bonds. The van der Waals surface area contributed by atoms with E-state index in [4.69, 9.17) is 9.47 Å². The average molecular weight is 399 g/mol. The molecular weight excluding hydrogens is 372 g/mol. The average Bonchev–Trinajstić information content (AvgIpc) is 2.50. The van der Waals surface area contributed by atoms with Crippen molar-refractivity contribution in [3.05, 3.63) is 27.7 Å². The number of fused-ring (bicyclic) bond motifs is 1. The molecule has 5 nitrogen and oxygen atoms in total. The summed E-state index contributed by atoms with van der Waals surface area (Å²) in [4.78, 5) is 14.0. The third kappa shape index (κ3) is 5.38. The van der Waals surface area contributed by atoms with Crippen LogP contribution in [0, 0.1) is 0 Å².